The monoisotopic (exact) mass is 313 g/mol. The summed E-state index contributed by atoms with van der Waals surface area (Å²) in [6.07, 6.45) is 7.88. The quantitative estimate of drug-likeness (QED) is 0.873. The average Bonchev–Trinajstić information content (AvgIpc) is 2.62. The lowest BCUT2D eigenvalue weighted by Gasteiger charge is -2.40. The van der Waals surface area contributed by atoms with E-state index in [1.54, 1.807) is 0 Å². The van der Waals surface area contributed by atoms with Gasteiger partial charge >= 0.3 is 5.97 Å². The molecule has 0 aromatic heterocycles. The molecule has 4 heteroatoms. The lowest BCUT2D eigenvalue weighted by Crippen LogP contribution is -2.50. The van der Waals surface area contributed by atoms with Crippen LogP contribution in [0, 0.1) is 5.92 Å². The lowest BCUT2D eigenvalue weighted by atomic mass is 9.72. The fraction of sp³-hybridized carbons (Fsp3) is 0.474. The van der Waals surface area contributed by atoms with Crippen LogP contribution in [0.3, 0.4) is 0 Å². The Kier molecular flexibility index (Phi) is 4.51. The molecule has 0 radical (unpaired) electrons. The first-order valence-electron chi connectivity index (χ1n) is 8.36. The predicted molar refractivity (Wildman–Crippen MR) is 88.1 cm³/mol. The van der Waals surface area contributed by atoms with Gasteiger partial charge in [-0.1, -0.05) is 42.5 Å². The molecule has 1 fully saturated rings. The highest BCUT2D eigenvalue weighted by Gasteiger charge is 2.44. The number of carboxylic acid groups (broad SMARTS) is 1. The van der Waals surface area contributed by atoms with Gasteiger partial charge in [-0.3, -0.25) is 9.59 Å². The summed E-state index contributed by atoms with van der Waals surface area (Å²) in [5, 5.41) is 9.80. The number of carboxylic acids is 1. The Labute approximate surface area is 136 Å². The second kappa shape index (κ2) is 6.57. The summed E-state index contributed by atoms with van der Waals surface area (Å²) in [5.74, 6) is -0.508. The highest BCUT2D eigenvalue weighted by atomic mass is 16.4. The van der Waals surface area contributed by atoms with E-state index in [1.807, 2.05) is 35.2 Å². The molecule has 0 bridgehead atoms. The molecule has 1 aliphatic carbocycles. The Morgan fingerprint density at radius 2 is 1.78 bits per heavy atom. The van der Waals surface area contributed by atoms with Gasteiger partial charge in [-0.15, -0.1) is 0 Å². The van der Waals surface area contributed by atoms with E-state index in [0.29, 0.717) is 25.9 Å². The Balaban J connectivity index is 1.72. The maximum Gasteiger partial charge on any atom is 0.314 e. The van der Waals surface area contributed by atoms with Crippen LogP contribution in [0.1, 0.15) is 37.7 Å². The van der Waals surface area contributed by atoms with E-state index in [-0.39, 0.29) is 11.8 Å². The van der Waals surface area contributed by atoms with Gasteiger partial charge in [0.2, 0.25) is 5.91 Å². The second-order valence-corrected chi connectivity index (χ2v) is 6.56. The van der Waals surface area contributed by atoms with Gasteiger partial charge in [0.15, 0.2) is 0 Å². The van der Waals surface area contributed by atoms with E-state index >= 15 is 0 Å². The predicted octanol–water partition coefficient (Wildman–Crippen LogP) is 2.99. The summed E-state index contributed by atoms with van der Waals surface area (Å²) in [4.78, 5) is 26.4. The summed E-state index contributed by atoms with van der Waals surface area (Å²) in [7, 11) is 0. The topological polar surface area (TPSA) is 57.6 Å². The van der Waals surface area contributed by atoms with Crippen molar-refractivity contribution in [2.75, 3.05) is 13.1 Å². The number of rotatable bonds is 3. The number of likely N-dealkylation sites (tertiary alicyclic amines) is 1. The molecule has 1 heterocycles. The molecule has 23 heavy (non-hydrogen) atoms. The van der Waals surface area contributed by atoms with Crippen LogP contribution >= 0.6 is 0 Å². The third-order valence-electron chi connectivity index (χ3n) is 5.28. The van der Waals surface area contributed by atoms with E-state index < -0.39 is 11.4 Å². The standard InChI is InChI=1S/C19H23NO3/c21-17(15-7-3-1-4-8-15)20-13-11-19(12-14-20,18(22)23)16-9-5-2-6-10-16/h1-3,5-6,9-10,15H,4,7-8,11-14H2,(H,22,23)/t15-/m0/s1. The number of benzene rings is 1. The molecule has 0 unspecified atom stereocenters. The van der Waals surface area contributed by atoms with Crippen molar-refractivity contribution < 1.29 is 14.7 Å². The summed E-state index contributed by atoms with van der Waals surface area (Å²) in [6.45, 7) is 1.06. The van der Waals surface area contributed by atoms with Crippen LogP contribution in [0.15, 0.2) is 42.5 Å². The number of hydrogen-bond acceptors (Lipinski definition) is 2. The zero-order chi connectivity index (χ0) is 16.3. The van der Waals surface area contributed by atoms with Crippen molar-refractivity contribution in [2.24, 2.45) is 5.92 Å². The fourth-order valence-electron chi connectivity index (χ4n) is 3.77. The molecule has 1 aliphatic heterocycles. The first-order valence-corrected chi connectivity index (χ1v) is 8.36. The number of allylic oxidation sites excluding steroid dienone is 2. The van der Waals surface area contributed by atoms with Crippen LogP contribution in [0.5, 0.6) is 0 Å². The van der Waals surface area contributed by atoms with Gasteiger partial charge in [0.05, 0.1) is 5.41 Å². The van der Waals surface area contributed by atoms with Crippen molar-refractivity contribution in [3.05, 3.63) is 48.0 Å². The minimum absolute atomic E-state index is 0.0778. The minimum atomic E-state index is -0.857. The van der Waals surface area contributed by atoms with Crippen LogP contribution in [0.2, 0.25) is 0 Å². The summed E-state index contributed by atoms with van der Waals surface area (Å²) in [6, 6.07) is 9.43. The van der Waals surface area contributed by atoms with Crippen molar-refractivity contribution in [3.8, 4) is 0 Å². The van der Waals surface area contributed by atoms with E-state index in [2.05, 4.69) is 12.2 Å². The van der Waals surface area contributed by atoms with Gasteiger partial charge in [-0.2, -0.15) is 0 Å². The Morgan fingerprint density at radius 3 is 2.35 bits per heavy atom. The summed E-state index contributed by atoms with van der Waals surface area (Å²) >= 11 is 0. The first kappa shape index (κ1) is 15.8. The van der Waals surface area contributed by atoms with Gasteiger partial charge in [0.1, 0.15) is 0 Å². The number of nitrogens with zero attached hydrogens (tertiary/aromatic N) is 1. The zero-order valence-electron chi connectivity index (χ0n) is 13.3. The van der Waals surface area contributed by atoms with E-state index in [4.69, 9.17) is 0 Å². The van der Waals surface area contributed by atoms with E-state index in [0.717, 1.165) is 24.8 Å². The van der Waals surface area contributed by atoms with Gasteiger partial charge in [-0.05, 0) is 37.7 Å². The zero-order valence-corrected chi connectivity index (χ0v) is 13.3. The largest absolute Gasteiger partial charge is 0.481 e. The molecular formula is C19H23NO3. The van der Waals surface area contributed by atoms with Gasteiger partial charge < -0.3 is 10.0 Å². The molecule has 0 saturated carbocycles. The minimum Gasteiger partial charge on any atom is -0.481 e. The third kappa shape index (κ3) is 3.03. The SMILES string of the molecule is O=C([C@H]1CC=CCC1)N1CCC(C(=O)O)(c2ccccc2)CC1. The highest BCUT2D eigenvalue weighted by molar-refractivity contribution is 5.83. The maximum absolute atomic E-state index is 12.6. The molecular weight excluding hydrogens is 290 g/mol. The van der Waals surface area contributed by atoms with Crippen LogP contribution in [-0.4, -0.2) is 35.0 Å². The van der Waals surface area contributed by atoms with Crippen LogP contribution in [0.25, 0.3) is 0 Å². The number of amides is 1. The molecule has 4 nitrogen and oxygen atoms in total. The molecule has 0 spiro atoms. The number of hydrogen-bond donors (Lipinski definition) is 1. The molecule has 2 aliphatic rings. The second-order valence-electron chi connectivity index (χ2n) is 6.56. The van der Waals surface area contributed by atoms with Crippen LogP contribution in [0.4, 0.5) is 0 Å². The smallest absolute Gasteiger partial charge is 0.314 e. The normalized spacial score (nSPS) is 23.5. The molecule has 1 N–H and O–H groups in total. The van der Waals surface area contributed by atoms with Gasteiger partial charge in [0.25, 0.3) is 0 Å². The van der Waals surface area contributed by atoms with Crippen molar-refractivity contribution in [2.45, 2.75) is 37.5 Å². The fourth-order valence-corrected chi connectivity index (χ4v) is 3.77. The van der Waals surface area contributed by atoms with Gasteiger partial charge in [0, 0.05) is 19.0 Å². The molecule has 1 atom stereocenters. The van der Waals surface area contributed by atoms with Crippen LogP contribution in [-0.2, 0) is 15.0 Å². The van der Waals surface area contributed by atoms with Crippen molar-refractivity contribution >= 4 is 11.9 Å². The molecule has 1 amide bonds. The number of piperidine rings is 1. The van der Waals surface area contributed by atoms with Crippen molar-refractivity contribution in [1.82, 2.24) is 4.90 Å². The average molecular weight is 313 g/mol. The van der Waals surface area contributed by atoms with Gasteiger partial charge in [-0.25, -0.2) is 0 Å². The molecule has 122 valence electrons. The molecule has 1 saturated heterocycles. The van der Waals surface area contributed by atoms with E-state index in [9.17, 15) is 14.7 Å². The maximum atomic E-state index is 12.6. The van der Waals surface area contributed by atoms with Crippen molar-refractivity contribution in [3.63, 3.8) is 0 Å². The number of aliphatic carboxylic acids is 1. The molecule has 1 aromatic carbocycles. The lowest BCUT2D eigenvalue weighted by molar-refractivity contribution is -0.149. The summed E-state index contributed by atoms with van der Waals surface area (Å²) in [5.41, 5.74) is -0.00923. The van der Waals surface area contributed by atoms with Crippen molar-refractivity contribution in [1.29, 1.82) is 0 Å². The number of carbonyl (C=O) groups is 2. The third-order valence-corrected chi connectivity index (χ3v) is 5.28. The Bertz CT molecular complexity index is 600. The molecule has 1 aromatic rings. The van der Waals surface area contributed by atoms with Crippen LogP contribution < -0.4 is 0 Å². The first-order chi connectivity index (χ1) is 11.1. The Morgan fingerprint density at radius 1 is 1.09 bits per heavy atom. The van der Waals surface area contributed by atoms with E-state index in [1.165, 1.54) is 0 Å². The summed E-state index contributed by atoms with van der Waals surface area (Å²) < 4.78 is 0. The Hall–Kier alpha value is -2.10. The number of carbonyl (C=O) groups excluding carboxylic acids is 1. The highest BCUT2D eigenvalue weighted by Crippen LogP contribution is 2.36. The molecule has 3 rings (SSSR count).